The number of nitrogens with zero attached hydrogens (tertiary/aromatic N) is 6. The molecule has 5 aromatic heterocycles. The number of anilines is 3. The molecule has 2 saturated carbocycles. The number of unbranched alkanes of at least 4 members (excludes halogenated alkanes) is 1. The summed E-state index contributed by atoms with van der Waals surface area (Å²) >= 11 is 1.63. The van der Waals surface area contributed by atoms with E-state index in [2.05, 4.69) is 95.0 Å². The molecule has 0 bridgehead atoms. The first kappa shape index (κ1) is 96.5. The van der Waals surface area contributed by atoms with Gasteiger partial charge >= 0.3 is 0 Å². The van der Waals surface area contributed by atoms with E-state index in [-0.39, 0.29) is 63.5 Å². The molecule has 16 rings (SSSR count). The van der Waals surface area contributed by atoms with Gasteiger partial charge in [0.05, 0.1) is 52.1 Å². The Morgan fingerprint density at radius 1 is 0.594 bits per heavy atom. The standard InChI is InChI=1S/C35H27N7O3.C32H34N2O4S.C22H29NO4S.C17H23NO3/c1-23(43)39-32-14-12-24(22-38-32)13-15-33(44)40-28-9-2-7-26(19-28)27-8-3-10-29(20-27)42-34-30(11-5-17-37-34)41-31(35(42)45)18-25-6-4-16-36-21-25;1-37-31-15-14-27(22-32(31)38-29-12-5-6-13-29)30(20-24-16-18-33-19-17-24)26-10-7-11-28(21-26)34-39(35,36)23-25-8-3-2-4-9-25;1-16(22(24)23-25)21(12-8-7-11-17-9-5-4-6-10-17)28-18-13-14-19(26-2)20(15-18)27-3;1-17(10-16(19)18-11-17)12-7-8-14(20-2)15(9-12)21-13-5-3-4-6-13/h2-17,19-22H,18H2,1H3,(H,40,44)(H,38,39,43);2-4,7-11,14-19,21-22,29-30,34H,5-6,12-13,20,23H2,1H3;4-6,9-10,13-16,21,25H,7-8,11-12H2,1-3H3,(H,23,24);7-9,13H,3-6,10-11H2,1-2H3,(H,18,19)/b15-13+;;;. The van der Waals surface area contributed by atoms with Crippen molar-refractivity contribution in [3.8, 4) is 51.3 Å². The molecule has 1 aliphatic heterocycles. The van der Waals surface area contributed by atoms with Gasteiger partial charge in [0.2, 0.25) is 33.7 Å². The Hall–Kier alpha value is -14.0. The molecule has 0 spiro atoms. The highest BCUT2D eigenvalue weighted by molar-refractivity contribution is 8.00. The number of ether oxygens (including phenoxy) is 6. The third-order valence-corrected chi connectivity index (χ3v) is 26.2. The Morgan fingerprint density at radius 3 is 1.89 bits per heavy atom. The van der Waals surface area contributed by atoms with E-state index in [1.807, 2.05) is 171 Å². The van der Waals surface area contributed by atoms with Crippen LogP contribution in [-0.2, 0) is 59.6 Å². The van der Waals surface area contributed by atoms with Crippen molar-refractivity contribution in [2.45, 2.75) is 157 Å². The van der Waals surface area contributed by atoms with E-state index >= 15 is 0 Å². The van der Waals surface area contributed by atoms with Gasteiger partial charge in [-0.15, -0.1) is 11.8 Å². The highest BCUT2D eigenvalue weighted by Gasteiger charge is 2.37. The average molecular weight is 1830 g/mol. The summed E-state index contributed by atoms with van der Waals surface area (Å²) in [5.74, 6) is 3.62. The number of methoxy groups -OCH3 is 4. The van der Waals surface area contributed by atoms with Gasteiger partial charge in [-0.3, -0.25) is 48.4 Å². The number of aryl methyl sites for hydroxylation is 1. The molecule has 688 valence electrons. The van der Waals surface area contributed by atoms with Crippen LogP contribution in [0.15, 0.2) is 290 Å². The number of hydroxylamine groups is 1. The Labute approximate surface area is 781 Å². The first-order valence-electron chi connectivity index (χ1n) is 44.7. The van der Waals surface area contributed by atoms with Crippen LogP contribution in [0.1, 0.15) is 154 Å². The highest BCUT2D eigenvalue weighted by Crippen LogP contribution is 2.42. The van der Waals surface area contributed by atoms with Gasteiger partial charge in [-0.2, -0.15) is 0 Å². The van der Waals surface area contributed by atoms with Crippen molar-refractivity contribution in [2.75, 3.05) is 50.3 Å². The van der Waals surface area contributed by atoms with Crippen LogP contribution in [0.25, 0.3) is 34.1 Å². The number of nitrogens with one attached hydrogen (secondary N) is 5. The summed E-state index contributed by atoms with van der Waals surface area (Å²) in [5, 5.41) is 17.5. The third-order valence-electron chi connectivity index (χ3n) is 23.5. The molecule has 25 nitrogen and oxygen atoms in total. The third kappa shape index (κ3) is 27.8. The molecule has 3 fully saturated rings. The predicted octanol–water partition coefficient (Wildman–Crippen LogP) is 19.7. The first-order chi connectivity index (χ1) is 64.6. The molecule has 6 heterocycles. The number of carbonyl (C=O) groups excluding carboxylic acids is 4. The lowest BCUT2D eigenvalue weighted by molar-refractivity contribution is -0.132. The summed E-state index contributed by atoms with van der Waals surface area (Å²) < 4.78 is 64.5. The lowest BCUT2D eigenvalue weighted by Gasteiger charge is -2.24. The van der Waals surface area contributed by atoms with E-state index in [0.717, 1.165) is 130 Å². The summed E-state index contributed by atoms with van der Waals surface area (Å²) in [7, 11) is 2.96. The number of amides is 4. The van der Waals surface area contributed by atoms with Gasteiger partial charge in [0.1, 0.15) is 17.0 Å². The van der Waals surface area contributed by atoms with Crippen molar-refractivity contribution in [1.29, 1.82) is 0 Å². The molecule has 4 atom stereocenters. The van der Waals surface area contributed by atoms with Crippen molar-refractivity contribution >= 4 is 79.8 Å². The van der Waals surface area contributed by atoms with Gasteiger partial charge < -0.3 is 44.4 Å². The normalized spacial score (nSPS) is 14.8. The number of fused-ring (bicyclic) bond motifs is 1. The van der Waals surface area contributed by atoms with Crippen molar-refractivity contribution in [2.24, 2.45) is 5.92 Å². The zero-order valence-corrected chi connectivity index (χ0v) is 77.4. The van der Waals surface area contributed by atoms with Crippen LogP contribution >= 0.6 is 11.8 Å². The quantitative estimate of drug-likeness (QED) is 0.00717. The predicted molar refractivity (Wildman–Crippen MR) is 522 cm³/mol. The smallest absolute Gasteiger partial charge is 0.278 e. The van der Waals surface area contributed by atoms with Crippen molar-refractivity contribution in [1.82, 2.24) is 40.3 Å². The van der Waals surface area contributed by atoms with E-state index in [0.29, 0.717) is 82.3 Å². The number of thioether (sulfide) groups is 1. The zero-order chi connectivity index (χ0) is 93.5. The average Bonchev–Trinajstić information content (AvgIpc) is 1.50. The molecule has 2 aliphatic carbocycles. The van der Waals surface area contributed by atoms with Crippen molar-refractivity contribution < 1.29 is 61.2 Å². The minimum atomic E-state index is -3.58. The summed E-state index contributed by atoms with van der Waals surface area (Å²) in [6.45, 7) is 6.06. The van der Waals surface area contributed by atoms with E-state index in [9.17, 15) is 32.4 Å². The van der Waals surface area contributed by atoms with E-state index in [1.165, 1.54) is 44.2 Å². The van der Waals surface area contributed by atoms with Crippen LogP contribution < -0.4 is 60.1 Å². The number of sulfonamides is 1. The van der Waals surface area contributed by atoms with Gasteiger partial charge in [-0.25, -0.2) is 28.8 Å². The lowest BCUT2D eigenvalue weighted by atomic mass is 9.81. The number of aromatic nitrogens is 6. The molecule has 0 radical (unpaired) electrons. The molecule has 27 heteroatoms. The monoisotopic (exact) mass is 1830 g/mol. The van der Waals surface area contributed by atoms with Crippen LogP contribution in [0.5, 0.6) is 34.5 Å². The second kappa shape index (κ2) is 47.7. The Kier molecular flexibility index (Phi) is 34.6. The van der Waals surface area contributed by atoms with Gasteiger partial charge in [-0.05, 0) is 260 Å². The fourth-order valence-electron chi connectivity index (χ4n) is 16.4. The maximum absolute atomic E-state index is 13.8. The number of pyridine rings is 4. The fraction of sp³-hybridized carbons (Fsp3) is 0.283. The van der Waals surface area contributed by atoms with Crippen molar-refractivity contribution in [3.63, 3.8) is 0 Å². The molecule has 3 aliphatic rings. The highest BCUT2D eigenvalue weighted by atomic mass is 32.2. The van der Waals surface area contributed by atoms with Crippen LogP contribution in [-0.4, -0.2) is 119 Å². The number of hydrogen-bond acceptors (Lipinski definition) is 20. The maximum Gasteiger partial charge on any atom is 0.278 e. The largest absolute Gasteiger partial charge is 0.493 e. The summed E-state index contributed by atoms with van der Waals surface area (Å²) in [6.07, 6.45) is 28.5. The molecule has 4 amide bonds. The number of rotatable bonds is 34. The van der Waals surface area contributed by atoms with Gasteiger partial charge in [0.15, 0.2) is 40.1 Å². The summed E-state index contributed by atoms with van der Waals surface area (Å²) in [5.41, 5.74) is 14.4. The minimum absolute atomic E-state index is 0.0391. The fourth-order valence-corrected chi connectivity index (χ4v) is 18.9. The minimum Gasteiger partial charge on any atom is -0.493 e. The number of hydrogen-bond donors (Lipinski definition) is 6. The Morgan fingerprint density at radius 2 is 1.23 bits per heavy atom. The number of benzene rings is 8. The van der Waals surface area contributed by atoms with Crippen LogP contribution in [0, 0.1) is 5.92 Å². The van der Waals surface area contributed by atoms with E-state index in [4.69, 9.17) is 33.6 Å². The SMILES string of the molecule is CC(=O)Nc1ccc(/C=C/C(=O)Nc2cccc(-c3cccc(-n4c(=O)c(Cc5cccnc5)nc5cccnc54)c3)c2)cn1.COc1ccc(C(Cc2ccncc2)c2cccc(NS(=O)(=O)Cc3ccccc3)c2)cc1OC1CCCC1.COc1ccc(C2(C)CNC(=O)C2)cc1OC1CCCC1.COc1ccc(SC(CCCCc2ccccc2)C(C)C(=O)NO)cc1OC. The summed E-state index contributed by atoms with van der Waals surface area (Å²) in [4.78, 5) is 83.8. The molecule has 4 unspecified atom stereocenters. The summed E-state index contributed by atoms with van der Waals surface area (Å²) in [6, 6.07) is 75.1. The molecular formula is C106H113N11O14S2. The Balaban J connectivity index is 0.000000156. The van der Waals surface area contributed by atoms with Crippen molar-refractivity contribution in [3.05, 3.63) is 340 Å². The van der Waals surface area contributed by atoms with Gasteiger partial charge in [0.25, 0.3) is 5.56 Å². The van der Waals surface area contributed by atoms with Crippen LogP contribution in [0.4, 0.5) is 17.2 Å². The van der Waals surface area contributed by atoms with Gasteiger partial charge in [0, 0.05) is 108 Å². The van der Waals surface area contributed by atoms with E-state index in [1.54, 1.807) is 124 Å². The second-order valence-corrected chi connectivity index (χ2v) is 36.3. The number of carbonyl (C=O) groups is 4. The van der Waals surface area contributed by atoms with E-state index < -0.39 is 10.0 Å². The molecule has 6 N–H and O–H groups in total. The molecule has 8 aromatic carbocycles. The first-order valence-corrected chi connectivity index (χ1v) is 47.2. The topological polar surface area (TPSA) is 325 Å². The molecule has 13 aromatic rings. The zero-order valence-electron chi connectivity index (χ0n) is 75.8. The molecular weight excluding hydrogens is 1720 g/mol. The van der Waals surface area contributed by atoms with Crippen LogP contribution in [0.3, 0.4) is 0 Å². The lowest BCUT2D eigenvalue weighted by Crippen LogP contribution is -2.32. The molecule has 1 saturated heterocycles. The molecule has 133 heavy (non-hydrogen) atoms. The Bertz CT molecular complexity index is 6270. The van der Waals surface area contributed by atoms with Gasteiger partial charge in [-0.1, -0.05) is 136 Å². The maximum atomic E-state index is 13.8. The second-order valence-electron chi connectivity index (χ2n) is 33.3. The van der Waals surface area contributed by atoms with Crippen LogP contribution in [0.2, 0.25) is 0 Å².